The van der Waals surface area contributed by atoms with Crippen LogP contribution in [0.5, 0.6) is 0 Å². The average molecular weight is 328 g/mol. The van der Waals surface area contributed by atoms with Gasteiger partial charge in [0.15, 0.2) is 5.65 Å². The van der Waals surface area contributed by atoms with Crippen LogP contribution in [0.3, 0.4) is 0 Å². The van der Waals surface area contributed by atoms with Crippen LogP contribution in [0.1, 0.15) is 39.0 Å². The predicted octanol–water partition coefficient (Wildman–Crippen LogP) is 2.75. The molecule has 128 valence electrons. The van der Waals surface area contributed by atoms with Gasteiger partial charge in [0.2, 0.25) is 0 Å². The van der Waals surface area contributed by atoms with Crippen molar-refractivity contribution in [3.8, 4) is 6.07 Å². The van der Waals surface area contributed by atoms with Crippen molar-refractivity contribution in [2.45, 2.75) is 51.7 Å². The molecule has 1 saturated carbocycles. The maximum absolute atomic E-state index is 8.71. The number of anilines is 1. The highest BCUT2D eigenvalue weighted by Crippen LogP contribution is 2.26. The van der Waals surface area contributed by atoms with Crippen LogP contribution >= 0.6 is 0 Å². The molecule has 24 heavy (non-hydrogen) atoms. The summed E-state index contributed by atoms with van der Waals surface area (Å²) >= 11 is 0. The summed E-state index contributed by atoms with van der Waals surface area (Å²) in [6, 6.07) is 2.13. The average Bonchev–Trinajstić information content (AvgIpc) is 3.02. The molecule has 0 bridgehead atoms. The molecule has 7 nitrogen and oxygen atoms in total. The molecular formula is C17H24N6O. The first-order valence-corrected chi connectivity index (χ1v) is 8.68. The minimum absolute atomic E-state index is 0.389. The second-order valence-corrected chi connectivity index (χ2v) is 6.33. The molecule has 1 N–H and O–H groups in total. The van der Waals surface area contributed by atoms with Gasteiger partial charge in [-0.15, -0.1) is 0 Å². The first-order valence-electron chi connectivity index (χ1n) is 8.68. The van der Waals surface area contributed by atoms with Gasteiger partial charge in [-0.05, 0) is 18.8 Å². The number of rotatable bonds is 7. The van der Waals surface area contributed by atoms with Gasteiger partial charge in [0, 0.05) is 6.54 Å². The number of ether oxygens (including phenoxy) is 1. The Morgan fingerprint density at radius 2 is 2.25 bits per heavy atom. The van der Waals surface area contributed by atoms with Crippen LogP contribution in [0.15, 0.2) is 12.5 Å². The zero-order chi connectivity index (χ0) is 16.8. The van der Waals surface area contributed by atoms with E-state index in [1.165, 1.54) is 32.0 Å². The molecule has 7 heteroatoms. The monoisotopic (exact) mass is 328 g/mol. The van der Waals surface area contributed by atoms with Crippen LogP contribution in [0.25, 0.3) is 11.0 Å². The summed E-state index contributed by atoms with van der Waals surface area (Å²) in [7, 11) is 0. The van der Waals surface area contributed by atoms with Crippen molar-refractivity contribution >= 4 is 16.9 Å². The Kier molecular flexibility index (Phi) is 5.59. The fourth-order valence-electron chi connectivity index (χ4n) is 3.26. The molecule has 0 aliphatic heterocycles. The molecule has 0 spiro atoms. The molecule has 0 saturated heterocycles. The molecule has 3 rings (SSSR count). The normalized spacial score (nSPS) is 20.8. The van der Waals surface area contributed by atoms with Gasteiger partial charge in [-0.25, -0.2) is 14.6 Å². The van der Waals surface area contributed by atoms with E-state index in [0.717, 1.165) is 16.9 Å². The van der Waals surface area contributed by atoms with E-state index in [1.807, 2.05) is 0 Å². The van der Waals surface area contributed by atoms with E-state index in [1.54, 1.807) is 10.9 Å². The van der Waals surface area contributed by atoms with E-state index in [4.69, 9.17) is 10.00 Å². The molecule has 1 aliphatic carbocycles. The van der Waals surface area contributed by atoms with E-state index in [2.05, 4.69) is 33.4 Å². The first kappa shape index (κ1) is 16.7. The third-order valence-corrected chi connectivity index (χ3v) is 4.63. The number of hydrogen-bond donors (Lipinski definition) is 1. The highest BCUT2D eigenvalue weighted by atomic mass is 16.5. The van der Waals surface area contributed by atoms with Crippen molar-refractivity contribution in [3.63, 3.8) is 0 Å². The third-order valence-electron chi connectivity index (χ3n) is 4.63. The molecule has 0 unspecified atom stereocenters. The number of aromatic nitrogens is 4. The van der Waals surface area contributed by atoms with Crippen LogP contribution < -0.4 is 5.32 Å². The summed E-state index contributed by atoms with van der Waals surface area (Å²) in [5.41, 5.74) is 0.754. The Bertz CT molecular complexity index is 707. The molecule has 2 heterocycles. The largest absolute Gasteiger partial charge is 0.376 e. The second-order valence-electron chi connectivity index (χ2n) is 6.33. The molecule has 2 atom stereocenters. The van der Waals surface area contributed by atoms with Crippen LogP contribution in [0.4, 0.5) is 5.82 Å². The fraction of sp³-hybridized carbons (Fsp3) is 0.647. The lowest BCUT2D eigenvalue weighted by Crippen LogP contribution is -2.27. The Labute approximate surface area is 142 Å². The van der Waals surface area contributed by atoms with Crippen molar-refractivity contribution in [2.24, 2.45) is 5.92 Å². The van der Waals surface area contributed by atoms with E-state index in [-0.39, 0.29) is 0 Å². The lowest BCUT2D eigenvalue weighted by molar-refractivity contribution is 0.000380. The highest BCUT2D eigenvalue weighted by molar-refractivity contribution is 5.85. The number of nitrogens with zero attached hydrogens (tertiary/aromatic N) is 5. The number of nitrogens with one attached hydrogen (secondary N) is 1. The summed E-state index contributed by atoms with van der Waals surface area (Å²) in [6.45, 7) is 4.20. The number of nitriles is 1. The summed E-state index contributed by atoms with van der Waals surface area (Å²) in [5, 5.41) is 17.2. The van der Waals surface area contributed by atoms with Gasteiger partial charge in [-0.3, -0.25) is 0 Å². The van der Waals surface area contributed by atoms with Crippen LogP contribution in [-0.2, 0) is 11.3 Å². The zero-order valence-corrected chi connectivity index (χ0v) is 14.1. The lowest BCUT2D eigenvalue weighted by Gasteiger charge is -2.28. The Morgan fingerprint density at radius 1 is 1.38 bits per heavy atom. The van der Waals surface area contributed by atoms with Crippen molar-refractivity contribution in [2.75, 3.05) is 18.5 Å². The fourth-order valence-corrected chi connectivity index (χ4v) is 3.26. The van der Waals surface area contributed by atoms with Gasteiger partial charge in [0.25, 0.3) is 0 Å². The molecule has 2 aromatic rings. The lowest BCUT2D eigenvalue weighted by atomic mass is 9.88. The van der Waals surface area contributed by atoms with Crippen molar-refractivity contribution in [1.29, 1.82) is 5.26 Å². The quantitative estimate of drug-likeness (QED) is 0.786. The van der Waals surface area contributed by atoms with Gasteiger partial charge >= 0.3 is 0 Å². The SMILES string of the molecule is C[C@@H]1CCCC[C@H]1OCCNc1ncnc2c1cnn2CCC#N. The predicted molar refractivity (Wildman–Crippen MR) is 91.4 cm³/mol. The molecule has 1 fully saturated rings. The minimum Gasteiger partial charge on any atom is -0.376 e. The molecule has 1 aliphatic rings. The van der Waals surface area contributed by atoms with Gasteiger partial charge < -0.3 is 10.1 Å². The smallest absolute Gasteiger partial charge is 0.163 e. The summed E-state index contributed by atoms with van der Waals surface area (Å²) in [5.74, 6) is 1.42. The van der Waals surface area contributed by atoms with Gasteiger partial charge in [0.05, 0.1) is 43.3 Å². The van der Waals surface area contributed by atoms with Crippen molar-refractivity contribution in [1.82, 2.24) is 19.7 Å². The number of aryl methyl sites for hydroxylation is 1. The second kappa shape index (κ2) is 8.06. The molecular weight excluding hydrogens is 304 g/mol. The summed E-state index contributed by atoms with van der Waals surface area (Å²) < 4.78 is 7.77. The first-order chi connectivity index (χ1) is 11.8. The molecule has 0 aromatic carbocycles. The van der Waals surface area contributed by atoms with Gasteiger partial charge in [-0.1, -0.05) is 19.8 Å². The van der Waals surface area contributed by atoms with Crippen LogP contribution in [-0.4, -0.2) is 39.0 Å². The molecule has 2 aromatic heterocycles. The third kappa shape index (κ3) is 3.82. The summed E-state index contributed by atoms with van der Waals surface area (Å²) in [6.07, 6.45) is 9.12. The van der Waals surface area contributed by atoms with Gasteiger partial charge in [0.1, 0.15) is 12.1 Å². The maximum Gasteiger partial charge on any atom is 0.163 e. The van der Waals surface area contributed by atoms with E-state index in [9.17, 15) is 0 Å². The van der Waals surface area contributed by atoms with Crippen molar-refractivity contribution in [3.05, 3.63) is 12.5 Å². The van der Waals surface area contributed by atoms with Gasteiger partial charge in [-0.2, -0.15) is 10.4 Å². The minimum atomic E-state index is 0.389. The summed E-state index contributed by atoms with van der Waals surface area (Å²) in [4.78, 5) is 8.58. The van der Waals surface area contributed by atoms with E-state index >= 15 is 0 Å². The number of fused-ring (bicyclic) bond motifs is 1. The Hall–Kier alpha value is -2.20. The van der Waals surface area contributed by atoms with Crippen LogP contribution in [0.2, 0.25) is 0 Å². The van der Waals surface area contributed by atoms with E-state index < -0.39 is 0 Å². The van der Waals surface area contributed by atoms with Crippen LogP contribution in [0, 0.1) is 17.2 Å². The van der Waals surface area contributed by atoms with Crippen molar-refractivity contribution < 1.29 is 4.74 Å². The van der Waals surface area contributed by atoms with E-state index in [0.29, 0.717) is 38.1 Å². The standard InChI is InChI=1S/C17H24N6O/c1-13-5-2-3-6-15(13)24-10-8-19-16-14-11-22-23(9-4-7-18)17(14)21-12-20-16/h11-13,15H,2-6,8-10H2,1H3,(H,19,20,21)/t13-,15-/m1/s1. The highest BCUT2D eigenvalue weighted by Gasteiger charge is 2.21. The maximum atomic E-state index is 8.71. The number of hydrogen-bond acceptors (Lipinski definition) is 6. The Morgan fingerprint density at radius 3 is 3.08 bits per heavy atom. The molecule has 0 amide bonds. The topological polar surface area (TPSA) is 88.7 Å². The molecule has 0 radical (unpaired) electrons. The zero-order valence-electron chi connectivity index (χ0n) is 14.1. The Balaban J connectivity index is 1.55.